The fourth-order valence-corrected chi connectivity index (χ4v) is 5.64. The zero-order valence-corrected chi connectivity index (χ0v) is 21.6. The topological polar surface area (TPSA) is 101 Å². The highest BCUT2D eigenvalue weighted by Gasteiger charge is 2.36. The minimum Gasteiger partial charge on any atom is -0.373 e. The summed E-state index contributed by atoms with van der Waals surface area (Å²) in [6, 6.07) is 11.1. The first-order valence-electron chi connectivity index (χ1n) is 12.7. The van der Waals surface area contributed by atoms with E-state index in [-0.39, 0.29) is 23.7 Å². The Labute approximate surface area is 216 Å². The Kier molecular flexibility index (Phi) is 7.69. The summed E-state index contributed by atoms with van der Waals surface area (Å²) in [6.07, 6.45) is 6.81. The molecule has 36 heavy (non-hydrogen) atoms. The number of H-pyrrole nitrogens is 1. The molecule has 0 radical (unpaired) electrons. The number of aromatic amines is 1. The molecule has 9 nitrogen and oxygen atoms in total. The molecule has 10 heteroatoms. The molecule has 2 aromatic heterocycles. The van der Waals surface area contributed by atoms with E-state index in [9.17, 15) is 4.79 Å². The van der Waals surface area contributed by atoms with Crippen molar-refractivity contribution in [2.45, 2.75) is 63.1 Å². The molecule has 0 spiro atoms. The van der Waals surface area contributed by atoms with E-state index in [1.54, 1.807) is 0 Å². The van der Waals surface area contributed by atoms with Crippen LogP contribution < -0.4 is 5.32 Å². The van der Waals surface area contributed by atoms with Crippen molar-refractivity contribution >= 4 is 17.5 Å². The number of aryl methyl sites for hydroxylation is 2. The normalized spacial score (nSPS) is 25.1. The summed E-state index contributed by atoms with van der Waals surface area (Å²) >= 11 is 6.11. The summed E-state index contributed by atoms with van der Waals surface area (Å²) < 4.78 is 8.22. The average Bonchev–Trinajstić information content (AvgIpc) is 3.55. The van der Waals surface area contributed by atoms with Crippen LogP contribution in [0.5, 0.6) is 0 Å². The average molecular weight is 512 g/mol. The third kappa shape index (κ3) is 5.79. The van der Waals surface area contributed by atoms with Gasteiger partial charge in [0.2, 0.25) is 0 Å². The number of carbonyl (C=O) groups is 1. The predicted octanol–water partition coefficient (Wildman–Crippen LogP) is 3.27. The minimum atomic E-state index is -0.242. The smallest absolute Gasteiger partial charge is 0.273 e. The van der Waals surface area contributed by atoms with Crippen LogP contribution >= 0.6 is 11.6 Å². The molecule has 5 rings (SSSR count). The Hall–Kier alpha value is -2.75. The van der Waals surface area contributed by atoms with Gasteiger partial charge in [-0.1, -0.05) is 23.7 Å². The van der Waals surface area contributed by atoms with Gasteiger partial charge in [0.1, 0.15) is 0 Å². The summed E-state index contributed by atoms with van der Waals surface area (Å²) in [7, 11) is 2.01. The monoisotopic (exact) mass is 511 g/mol. The number of benzene rings is 1. The second-order valence-electron chi connectivity index (χ2n) is 10.0. The maximum absolute atomic E-state index is 12.3. The first-order valence-corrected chi connectivity index (χ1v) is 13.1. The fraction of sp³-hybridized carbons (Fsp3) is 0.538. The first kappa shape index (κ1) is 24.9. The zero-order chi connectivity index (χ0) is 25.1. The highest BCUT2D eigenvalue weighted by atomic mass is 35.5. The number of ether oxygens (including phenoxy) is 1. The number of halogens is 1. The second kappa shape index (κ2) is 11.1. The van der Waals surface area contributed by atoms with Crippen molar-refractivity contribution < 1.29 is 9.53 Å². The molecule has 3 heterocycles. The maximum atomic E-state index is 12.3. The number of amides is 1. The SMILES string of the molecule is Cc1cc(C2CCC(N3C[C@H](CNC(=O)c4cn[nH]n4)OC[C@@H]3Cc3ccc(Cl)cc3)CC2)nn1C. The number of hydrogen-bond donors (Lipinski definition) is 2. The molecular formula is C26H34ClN7O2. The molecule has 2 N–H and O–H groups in total. The van der Waals surface area contributed by atoms with Crippen molar-refractivity contribution in [2.75, 3.05) is 19.7 Å². The summed E-state index contributed by atoms with van der Waals surface area (Å²) in [6.45, 7) is 3.97. The summed E-state index contributed by atoms with van der Waals surface area (Å²) in [5.41, 5.74) is 3.97. The van der Waals surface area contributed by atoms with Gasteiger partial charge in [-0.15, -0.1) is 0 Å². The van der Waals surface area contributed by atoms with Crippen LogP contribution in [0.2, 0.25) is 5.02 Å². The summed E-state index contributed by atoms with van der Waals surface area (Å²) in [5, 5.41) is 18.5. The molecule has 1 saturated heterocycles. The number of hydrogen-bond acceptors (Lipinski definition) is 6. The lowest BCUT2D eigenvalue weighted by Gasteiger charge is -2.46. The summed E-state index contributed by atoms with van der Waals surface area (Å²) in [5.74, 6) is 0.280. The van der Waals surface area contributed by atoms with Crippen LogP contribution in [0, 0.1) is 6.92 Å². The van der Waals surface area contributed by atoms with E-state index < -0.39 is 0 Å². The van der Waals surface area contributed by atoms with Crippen LogP contribution in [0.4, 0.5) is 0 Å². The standard InChI is InChI=1S/C26H34ClN7O2/c1-17-11-24(31-33(17)2)19-5-9-21(10-6-19)34-15-23(13-28-26(35)25-14-29-32-30-25)36-16-22(34)12-18-3-7-20(27)8-4-18/h3-4,7-8,11,14,19,21-23H,5-6,9-10,12-13,15-16H2,1-2H3,(H,28,35)(H,29,30,32)/t19?,21?,22-,23-/m0/s1. The van der Waals surface area contributed by atoms with Crippen LogP contribution in [0.15, 0.2) is 36.5 Å². The van der Waals surface area contributed by atoms with Gasteiger partial charge in [-0.25, -0.2) is 0 Å². The first-order chi connectivity index (χ1) is 17.5. The molecule has 1 aliphatic heterocycles. The maximum Gasteiger partial charge on any atom is 0.273 e. The van der Waals surface area contributed by atoms with Crippen molar-refractivity contribution in [2.24, 2.45) is 7.05 Å². The molecular weight excluding hydrogens is 478 g/mol. The zero-order valence-electron chi connectivity index (χ0n) is 20.9. The van der Waals surface area contributed by atoms with Gasteiger partial charge in [-0.3, -0.25) is 14.4 Å². The third-order valence-electron chi connectivity index (χ3n) is 7.65. The van der Waals surface area contributed by atoms with Gasteiger partial charge >= 0.3 is 0 Å². The number of rotatable bonds is 7. The van der Waals surface area contributed by atoms with Crippen molar-refractivity contribution in [1.82, 2.24) is 35.4 Å². The number of nitrogens with zero attached hydrogens (tertiary/aromatic N) is 5. The summed E-state index contributed by atoms with van der Waals surface area (Å²) in [4.78, 5) is 15.0. The predicted molar refractivity (Wildman–Crippen MR) is 137 cm³/mol. The van der Waals surface area contributed by atoms with Gasteiger partial charge in [0.25, 0.3) is 5.91 Å². The van der Waals surface area contributed by atoms with Gasteiger partial charge in [-0.2, -0.15) is 20.5 Å². The minimum absolute atomic E-state index is 0.0709. The molecule has 2 fully saturated rings. The van der Waals surface area contributed by atoms with Crippen LogP contribution in [0.3, 0.4) is 0 Å². The molecule has 192 valence electrons. The van der Waals surface area contributed by atoms with E-state index in [0.29, 0.717) is 25.1 Å². The molecule has 0 unspecified atom stereocenters. The molecule has 1 aliphatic carbocycles. The largest absolute Gasteiger partial charge is 0.373 e. The van der Waals surface area contributed by atoms with Crippen molar-refractivity contribution in [3.05, 3.63) is 64.2 Å². The Bertz CT molecular complexity index is 1120. The molecule has 3 aromatic rings. The number of aromatic nitrogens is 5. The van der Waals surface area contributed by atoms with Gasteiger partial charge in [-0.05, 0) is 62.8 Å². The Balaban J connectivity index is 1.24. The molecule has 1 aromatic carbocycles. The quantitative estimate of drug-likeness (QED) is 0.505. The Morgan fingerprint density at radius 1 is 1.22 bits per heavy atom. The highest BCUT2D eigenvalue weighted by Crippen LogP contribution is 2.36. The van der Waals surface area contributed by atoms with Crippen molar-refractivity contribution in [3.63, 3.8) is 0 Å². The van der Waals surface area contributed by atoms with Gasteiger partial charge in [0.15, 0.2) is 5.69 Å². The van der Waals surface area contributed by atoms with Crippen LogP contribution in [0.25, 0.3) is 0 Å². The van der Waals surface area contributed by atoms with Crippen LogP contribution in [-0.4, -0.2) is 73.9 Å². The second-order valence-corrected chi connectivity index (χ2v) is 10.5. The van der Waals surface area contributed by atoms with E-state index in [4.69, 9.17) is 21.4 Å². The molecule has 2 aliphatic rings. The van der Waals surface area contributed by atoms with E-state index in [0.717, 1.165) is 43.7 Å². The van der Waals surface area contributed by atoms with Crippen LogP contribution in [-0.2, 0) is 18.2 Å². The van der Waals surface area contributed by atoms with E-state index in [1.807, 2.05) is 23.9 Å². The molecule has 2 atom stereocenters. The number of morpholine rings is 1. The highest BCUT2D eigenvalue weighted by molar-refractivity contribution is 6.30. The molecule has 0 bridgehead atoms. The third-order valence-corrected chi connectivity index (χ3v) is 7.90. The molecule has 1 saturated carbocycles. The number of nitrogens with one attached hydrogen (secondary N) is 2. The Morgan fingerprint density at radius 2 is 2.00 bits per heavy atom. The van der Waals surface area contributed by atoms with Gasteiger partial charge in [0, 0.05) is 48.9 Å². The van der Waals surface area contributed by atoms with Crippen molar-refractivity contribution in [1.29, 1.82) is 0 Å². The van der Waals surface area contributed by atoms with E-state index in [1.165, 1.54) is 23.1 Å². The van der Waals surface area contributed by atoms with Crippen molar-refractivity contribution in [3.8, 4) is 0 Å². The van der Waals surface area contributed by atoms with Crippen LogP contribution in [0.1, 0.15) is 59.0 Å². The number of carbonyl (C=O) groups excluding carboxylic acids is 1. The molecule has 1 amide bonds. The van der Waals surface area contributed by atoms with E-state index in [2.05, 4.69) is 50.8 Å². The lowest BCUT2D eigenvalue weighted by atomic mass is 9.82. The fourth-order valence-electron chi connectivity index (χ4n) is 5.52. The van der Waals surface area contributed by atoms with Gasteiger partial charge < -0.3 is 10.1 Å². The van der Waals surface area contributed by atoms with E-state index >= 15 is 0 Å². The van der Waals surface area contributed by atoms with Gasteiger partial charge in [0.05, 0.1) is 24.6 Å². The Morgan fingerprint density at radius 3 is 2.67 bits per heavy atom. The lowest BCUT2D eigenvalue weighted by molar-refractivity contribution is -0.0822. The lowest BCUT2D eigenvalue weighted by Crippen LogP contribution is -2.57.